The standard InChI is InChI=1S/C18H25NO5S/c1-18(2,17(21)22)9-10-19-16(20)8-11-25(23,24)15-7-6-13-4-3-5-14(13)12-15/h6-7,12H,3-5,8-11H2,1-2H3,(H,19,20)(H,21,22). The second-order valence-corrected chi connectivity index (χ2v) is 9.25. The Morgan fingerprint density at radius 3 is 2.56 bits per heavy atom. The fourth-order valence-corrected chi connectivity index (χ4v) is 4.08. The minimum absolute atomic E-state index is 0.132. The Morgan fingerprint density at radius 1 is 1.20 bits per heavy atom. The van der Waals surface area contributed by atoms with E-state index in [1.807, 2.05) is 6.07 Å². The summed E-state index contributed by atoms with van der Waals surface area (Å²) in [5, 5.41) is 11.6. The van der Waals surface area contributed by atoms with E-state index in [1.165, 1.54) is 5.56 Å². The van der Waals surface area contributed by atoms with Crippen LogP contribution in [-0.4, -0.2) is 37.7 Å². The van der Waals surface area contributed by atoms with E-state index < -0.39 is 21.2 Å². The molecule has 1 amide bonds. The van der Waals surface area contributed by atoms with Gasteiger partial charge in [0.2, 0.25) is 5.91 Å². The maximum Gasteiger partial charge on any atom is 0.309 e. The van der Waals surface area contributed by atoms with Crippen molar-refractivity contribution in [2.45, 2.75) is 50.8 Å². The van der Waals surface area contributed by atoms with Crippen LogP contribution in [0.1, 0.15) is 44.2 Å². The number of hydrogen-bond donors (Lipinski definition) is 2. The fourth-order valence-electron chi connectivity index (χ4n) is 2.80. The maximum atomic E-state index is 12.4. The van der Waals surface area contributed by atoms with Crippen LogP contribution in [0.3, 0.4) is 0 Å². The number of aliphatic carboxylic acids is 1. The lowest BCUT2D eigenvalue weighted by Crippen LogP contribution is -2.32. The van der Waals surface area contributed by atoms with Gasteiger partial charge in [-0.1, -0.05) is 6.07 Å². The average Bonchev–Trinajstić information content (AvgIpc) is 3.00. The second-order valence-electron chi connectivity index (χ2n) is 7.14. The number of aryl methyl sites for hydroxylation is 2. The topological polar surface area (TPSA) is 101 Å². The molecule has 2 N–H and O–H groups in total. The summed E-state index contributed by atoms with van der Waals surface area (Å²) < 4.78 is 24.8. The van der Waals surface area contributed by atoms with Gasteiger partial charge >= 0.3 is 5.97 Å². The molecule has 1 aromatic carbocycles. The van der Waals surface area contributed by atoms with Crippen molar-refractivity contribution in [1.82, 2.24) is 5.32 Å². The van der Waals surface area contributed by atoms with Crippen LogP contribution in [0.5, 0.6) is 0 Å². The van der Waals surface area contributed by atoms with Crippen molar-refractivity contribution in [3.63, 3.8) is 0 Å². The molecule has 25 heavy (non-hydrogen) atoms. The molecule has 1 aromatic rings. The van der Waals surface area contributed by atoms with Crippen LogP contribution in [0.25, 0.3) is 0 Å². The number of rotatable bonds is 8. The molecule has 1 aliphatic carbocycles. The van der Waals surface area contributed by atoms with Crippen molar-refractivity contribution in [1.29, 1.82) is 0 Å². The van der Waals surface area contributed by atoms with E-state index in [9.17, 15) is 18.0 Å². The number of sulfone groups is 1. The molecule has 2 rings (SSSR count). The van der Waals surface area contributed by atoms with Gasteiger partial charge in [0.1, 0.15) is 0 Å². The predicted octanol–water partition coefficient (Wildman–Crippen LogP) is 1.96. The quantitative estimate of drug-likeness (QED) is 0.731. The molecule has 0 bridgehead atoms. The van der Waals surface area contributed by atoms with Gasteiger partial charge in [0.25, 0.3) is 0 Å². The molecular formula is C18H25NO5S. The molecule has 0 aliphatic heterocycles. The highest BCUT2D eigenvalue weighted by Crippen LogP contribution is 2.25. The van der Waals surface area contributed by atoms with E-state index in [1.54, 1.807) is 26.0 Å². The lowest BCUT2D eigenvalue weighted by Gasteiger charge is -2.18. The van der Waals surface area contributed by atoms with Crippen LogP contribution in [0.2, 0.25) is 0 Å². The lowest BCUT2D eigenvalue weighted by molar-refractivity contribution is -0.147. The maximum absolute atomic E-state index is 12.4. The number of amides is 1. The van der Waals surface area contributed by atoms with Crippen LogP contribution in [0.15, 0.2) is 23.1 Å². The van der Waals surface area contributed by atoms with Crippen molar-refractivity contribution in [2.24, 2.45) is 5.41 Å². The smallest absolute Gasteiger partial charge is 0.309 e. The molecule has 0 saturated heterocycles. The monoisotopic (exact) mass is 367 g/mol. The number of benzene rings is 1. The summed E-state index contributed by atoms with van der Waals surface area (Å²) in [7, 11) is -3.50. The summed E-state index contributed by atoms with van der Waals surface area (Å²) in [5.74, 6) is -1.56. The van der Waals surface area contributed by atoms with Crippen LogP contribution in [0, 0.1) is 5.41 Å². The zero-order chi connectivity index (χ0) is 18.7. The predicted molar refractivity (Wildman–Crippen MR) is 94.2 cm³/mol. The third kappa shape index (κ3) is 5.04. The normalized spacial score (nSPS) is 14.2. The molecule has 0 atom stereocenters. The fraction of sp³-hybridized carbons (Fsp3) is 0.556. The van der Waals surface area contributed by atoms with Gasteiger partial charge in [-0.05, 0) is 62.8 Å². The Kier molecular flexibility index (Phi) is 5.87. The number of carbonyl (C=O) groups is 2. The van der Waals surface area contributed by atoms with Crippen LogP contribution < -0.4 is 5.32 Å². The van der Waals surface area contributed by atoms with Gasteiger partial charge in [-0.2, -0.15) is 0 Å². The number of carboxylic acids is 1. The van der Waals surface area contributed by atoms with Gasteiger partial charge < -0.3 is 10.4 Å². The largest absolute Gasteiger partial charge is 0.481 e. The molecule has 0 heterocycles. The first-order valence-corrected chi connectivity index (χ1v) is 10.1. The van der Waals surface area contributed by atoms with Crippen LogP contribution in [0.4, 0.5) is 0 Å². The van der Waals surface area contributed by atoms with Gasteiger partial charge in [0, 0.05) is 13.0 Å². The Morgan fingerprint density at radius 2 is 1.88 bits per heavy atom. The van der Waals surface area contributed by atoms with Crippen LogP contribution >= 0.6 is 0 Å². The SMILES string of the molecule is CC(C)(CCNC(=O)CCS(=O)(=O)c1ccc2c(c1)CCC2)C(=O)O. The number of carbonyl (C=O) groups excluding carboxylic acids is 1. The Balaban J connectivity index is 1.85. The van der Waals surface area contributed by atoms with Gasteiger partial charge in [-0.15, -0.1) is 0 Å². The summed E-state index contributed by atoms with van der Waals surface area (Å²) in [6, 6.07) is 5.21. The summed E-state index contributed by atoms with van der Waals surface area (Å²) in [4.78, 5) is 23.1. The Bertz CT molecular complexity index is 768. The molecule has 7 heteroatoms. The second kappa shape index (κ2) is 7.56. The average molecular weight is 367 g/mol. The Hall–Kier alpha value is -1.89. The highest BCUT2D eigenvalue weighted by Gasteiger charge is 2.26. The molecule has 138 valence electrons. The molecule has 0 saturated carbocycles. The first-order valence-electron chi connectivity index (χ1n) is 8.46. The summed E-state index contributed by atoms with van der Waals surface area (Å²) >= 11 is 0. The van der Waals surface area contributed by atoms with E-state index >= 15 is 0 Å². The minimum Gasteiger partial charge on any atom is -0.481 e. The molecular weight excluding hydrogens is 342 g/mol. The first kappa shape index (κ1) is 19.4. The number of nitrogens with one attached hydrogen (secondary N) is 1. The lowest BCUT2D eigenvalue weighted by atomic mass is 9.90. The Labute approximate surface area is 148 Å². The van der Waals surface area contributed by atoms with E-state index in [-0.39, 0.29) is 35.9 Å². The van der Waals surface area contributed by atoms with E-state index in [4.69, 9.17) is 5.11 Å². The van der Waals surface area contributed by atoms with Gasteiger partial charge in [0.15, 0.2) is 9.84 Å². The summed E-state index contributed by atoms with van der Waals surface area (Å²) in [6.07, 6.45) is 3.09. The third-order valence-electron chi connectivity index (χ3n) is 4.68. The molecule has 1 aliphatic rings. The van der Waals surface area contributed by atoms with E-state index in [2.05, 4.69) is 5.32 Å². The van der Waals surface area contributed by atoms with Crippen molar-refractivity contribution >= 4 is 21.7 Å². The molecule has 6 nitrogen and oxygen atoms in total. The summed E-state index contributed by atoms with van der Waals surface area (Å²) in [6.45, 7) is 3.37. The number of carboxylic acid groups (broad SMARTS) is 1. The number of hydrogen-bond acceptors (Lipinski definition) is 4. The van der Waals surface area contributed by atoms with Crippen molar-refractivity contribution in [3.05, 3.63) is 29.3 Å². The molecule has 0 aromatic heterocycles. The van der Waals surface area contributed by atoms with Gasteiger partial charge in [0.05, 0.1) is 16.1 Å². The molecule has 0 fully saturated rings. The van der Waals surface area contributed by atoms with Crippen molar-refractivity contribution in [3.8, 4) is 0 Å². The first-order chi connectivity index (χ1) is 11.6. The molecule has 0 unspecified atom stereocenters. The van der Waals surface area contributed by atoms with Gasteiger partial charge in [-0.25, -0.2) is 8.42 Å². The highest BCUT2D eigenvalue weighted by atomic mass is 32.2. The van der Waals surface area contributed by atoms with E-state index in [0.717, 1.165) is 24.8 Å². The summed E-state index contributed by atoms with van der Waals surface area (Å²) in [5.41, 5.74) is 1.36. The van der Waals surface area contributed by atoms with Gasteiger partial charge in [-0.3, -0.25) is 9.59 Å². The number of fused-ring (bicyclic) bond motifs is 1. The zero-order valence-electron chi connectivity index (χ0n) is 14.7. The highest BCUT2D eigenvalue weighted by molar-refractivity contribution is 7.91. The third-order valence-corrected chi connectivity index (χ3v) is 6.39. The van der Waals surface area contributed by atoms with Crippen LogP contribution in [-0.2, 0) is 32.3 Å². The minimum atomic E-state index is -3.50. The van der Waals surface area contributed by atoms with E-state index in [0.29, 0.717) is 0 Å². The van der Waals surface area contributed by atoms with Crippen molar-refractivity contribution in [2.75, 3.05) is 12.3 Å². The zero-order valence-corrected chi connectivity index (χ0v) is 15.5. The molecule has 0 radical (unpaired) electrons. The molecule has 0 spiro atoms. The van der Waals surface area contributed by atoms with Crippen molar-refractivity contribution < 1.29 is 23.1 Å².